The molecule has 0 saturated heterocycles. The zero-order valence-electron chi connectivity index (χ0n) is 11.4. The van der Waals surface area contributed by atoms with Gasteiger partial charge in [-0.1, -0.05) is 18.2 Å². The van der Waals surface area contributed by atoms with Crippen molar-refractivity contribution in [3.63, 3.8) is 0 Å². The van der Waals surface area contributed by atoms with Gasteiger partial charge >= 0.3 is 0 Å². The average Bonchev–Trinajstić information content (AvgIpc) is 2.50. The topological polar surface area (TPSA) is 75.3 Å². The Labute approximate surface area is 127 Å². The first-order valence-electron chi connectivity index (χ1n) is 6.70. The number of nitrogens with one attached hydrogen (secondary N) is 2. The van der Waals surface area contributed by atoms with E-state index in [0.29, 0.717) is 19.4 Å². The molecule has 0 bridgehead atoms. The Morgan fingerprint density at radius 1 is 1.05 bits per heavy atom. The fourth-order valence-electron chi connectivity index (χ4n) is 1.91. The molecule has 0 radical (unpaired) electrons. The van der Waals surface area contributed by atoms with Gasteiger partial charge in [0, 0.05) is 18.7 Å². The number of para-hydroxylation sites is 1. The highest BCUT2D eigenvalue weighted by molar-refractivity contribution is 7.80. The van der Waals surface area contributed by atoms with Gasteiger partial charge < -0.3 is 10.6 Å². The third kappa shape index (κ3) is 3.95. The van der Waals surface area contributed by atoms with Gasteiger partial charge in [0.25, 0.3) is 5.43 Å². The lowest BCUT2D eigenvalue weighted by Crippen LogP contribution is -2.35. The Morgan fingerprint density at radius 2 is 1.76 bits per heavy atom. The molecule has 0 spiro atoms. The van der Waals surface area contributed by atoms with Crippen LogP contribution in [0.1, 0.15) is 19.3 Å². The number of hydrogen-bond acceptors (Lipinski definition) is 5. The predicted molar refractivity (Wildman–Crippen MR) is 86.0 cm³/mol. The molecule has 0 saturated carbocycles. The van der Waals surface area contributed by atoms with Crippen LogP contribution in [0.25, 0.3) is 0 Å². The summed E-state index contributed by atoms with van der Waals surface area (Å²) < 4.78 is 0. The first-order valence-corrected chi connectivity index (χ1v) is 7.15. The molecular weight excluding hydrogens is 288 g/mol. The van der Waals surface area contributed by atoms with Gasteiger partial charge in [0.15, 0.2) is 0 Å². The molecule has 2 aromatic carbocycles. The quantitative estimate of drug-likeness (QED) is 0.414. The molecule has 6 heteroatoms. The molecule has 2 aromatic rings. The highest BCUT2D eigenvalue weighted by atomic mass is 32.1. The lowest BCUT2D eigenvalue weighted by Gasteiger charge is -2.09. The van der Waals surface area contributed by atoms with Crippen LogP contribution < -0.4 is 21.5 Å². The normalized spacial score (nSPS) is 10.5. The van der Waals surface area contributed by atoms with Crippen LogP contribution in [0.2, 0.25) is 0 Å². The van der Waals surface area contributed by atoms with Crippen LogP contribution in [0.15, 0.2) is 44.8 Å². The molecule has 21 heavy (non-hydrogen) atoms. The minimum Gasteiger partial charge on any atom is -0.381 e. The van der Waals surface area contributed by atoms with Crippen molar-refractivity contribution in [2.24, 2.45) is 0 Å². The summed E-state index contributed by atoms with van der Waals surface area (Å²) in [5, 5.41) is 5.68. The number of thiol groups is 1. The van der Waals surface area contributed by atoms with Crippen LogP contribution in [0.3, 0.4) is 0 Å². The summed E-state index contributed by atoms with van der Waals surface area (Å²) in [5.41, 5.74) is 0.0195. The Kier molecular flexibility index (Phi) is 5.16. The first-order chi connectivity index (χ1) is 10.1. The second-order valence-electron chi connectivity index (χ2n) is 4.68. The number of carbonyl (C=O) groups excluding carboxylic acids is 1. The summed E-state index contributed by atoms with van der Waals surface area (Å²) in [5.74, 6) is -0.0369. The maximum absolute atomic E-state index is 11.7. The Hall–Kier alpha value is -2.08. The van der Waals surface area contributed by atoms with Gasteiger partial charge in [-0.25, -0.2) is 0 Å². The minimum absolute atomic E-state index is 0.0369. The molecule has 0 unspecified atom stereocenters. The lowest BCUT2D eigenvalue weighted by atomic mass is 10.2. The molecule has 5 nitrogen and oxygen atoms in total. The monoisotopic (exact) mass is 304 g/mol. The maximum Gasteiger partial charge on any atom is 0.251 e. The van der Waals surface area contributed by atoms with Gasteiger partial charge in [-0.15, -0.1) is 12.6 Å². The molecule has 2 N–H and O–H groups in total. The van der Waals surface area contributed by atoms with Gasteiger partial charge in [-0.2, -0.15) is 0 Å². The van der Waals surface area contributed by atoms with Crippen LogP contribution in [0.5, 0.6) is 0 Å². The predicted octanol–water partition coefficient (Wildman–Crippen LogP) is 1.79. The largest absolute Gasteiger partial charge is 0.381 e. The van der Waals surface area contributed by atoms with Gasteiger partial charge in [-0.05, 0) is 25.0 Å². The molecule has 0 aliphatic rings. The summed E-state index contributed by atoms with van der Waals surface area (Å²) in [4.78, 5) is 34.0. The Morgan fingerprint density at radius 3 is 2.43 bits per heavy atom. The van der Waals surface area contributed by atoms with E-state index in [2.05, 4.69) is 23.3 Å². The smallest absolute Gasteiger partial charge is 0.251 e. The number of carbonyl (C=O) groups is 1. The summed E-state index contributed by atoms with van der Waals surface area (Å²) in [6.45, 7) is 0.539. The molecule has 0 atom stereocenters. The van der Waals surface area contributed by atoms with Crippen molar-refractivity contribution < 1.29 is 4.79 Å². The van der Waals surface area contributed by atoms with E-state index in [-0.39, 0.29) is 16.5 Å². The summed E-state index contributed by atoms with van der Waals surface area (Å²) >= 11 is 3.93. The van der Waals surface area contributed by atoms with Crippen molar-refractivity contribution >= 4 is 29.9 Å². The molecule has 0 aliphatic heterocycles. The van der Waals surface area contributed by atoms with Crippen LogP contribution in [0, 0.1) is 0 Å². The minimum atomic E-state index is -0.539. The van der Waals surface area contributed by atoms with Gasteiger partial charge in [0.05, 0.1) is 4.90 Å². The molecular formula is C15H16N2O3S. The van der Waals surface area contributed by atoms with Gasteiger partial charge in [0.2, 0.25) is 11.3 Å². The van der Waals surface area contributed by atoms with E-state index >= 15 is 0 Å². The fourth-order valence-corrected chi connectivity index (χ4v) is 2.19. The molecule has 1 amide bonds. The highest BCUT2D eigenvalue weighted by Gasteiger charge is 2.16. The summed E-state index contributed by atoms with van der Waals surface area (Å²) in [6, 6.07) is 9.27. The highest BCUT2D eigenvalue weighted by Crippen LogP contribution is 2.12. The zero-order valence-corrected chi connectivity index (χ0v) is 12.3. The number of hydrogen-bond donors (Lipinski definition) is 3. The maximum atomic E-state index is 11.7. The second kappa shape index (κ2) is 7.08. The molecule has 0 aliphatic carbocycles. The van der Waals surface area contributed by atoms with E-state index in [1.54, 1.807) is 0 Å². The summed E-state index contributed by atoms with van der Waals surface area (Å²) in [7, 11) is 0. The SMILES string of the molecule is O=C(CCCCNc1c(S)c(=O)c1=O)Nc1ccccc1. The third-order valence-electron chi connectivity index (χ3n) is 3.08. The zero-order chi connectivity index (χ0) is 15.2. The van der Waals surface area contributed by atoms with Crippen molar-refractivity contribution in [1.82, 2.24) is 0 Å². The summed E-state index contributed by atoms with van der Waals surface area (Å²) in [6.07, 6.45) is 1.84. The molecule has 2 rings (SSSR count). The molecule has 0 fully saturated rings. The number of unbranched alkanes of at least 4 members (excludes halogenated alkanes) is 1. The number of benzene rings is 1. The van der Waals surface area contributed by atoms with Crippen molar-refractivity contribution in [2.45, 2.75) is 24.2 Å². The standard InChI is InChI=1S/C15H16N2O3S/c18-11(17-10-6-2-1-3-7-10)8-4-5-9-16-12-13(19)14(20)15(12)21/h1-3,6-7,16,21H,4-5,8-9H2,(H,17,18). The first kappa shape index (κ1) is 15.3. The van der Waals surface area contributed by atoms with E-state index < -0.39 is 10.9 Å². The third-order valence-corrected chi connectivity index (χ3v) is 3.50. The van der Waals surface area contributed by atoms with Gasteiger partial charge in [-0.3, -0.25) is 14.4 Å². The molecule has 0 heterocycles. The van der Waals surface area contributed by atoms with Crippen molar-refractivity contribution in [2.75, 3.05) is 17.2 Å². The van der Waals surface area contributed by atoms with Crippen molar-refractivity contribution in [3.05, 3.63) is 50.8 Å². The average molecular weight is 304 g/mol. The van der Waals surface area contributed by atoms with Crippen LogP contribution >= 0.6 is 12.6 Å². The number of amides is 1. The van der Waals surface area contributed by atoms with Gasteiger partial charge in [0.1, 0.15) is 5.69 Å². The van der Waals surface area contributed by atoms with E-state index in [1.807, 2.05) is 30.3 Å². The molecule has 110 valence electrons. The number of rotatable bonds is 7. The van der Waals surface area contributed by atoms with Crippen molar-refractivity contribution in [3.8, 4) is 0 Å². The Bertz CT molecular complexity index is 691. The van der Waals surface area contributed by atoms with Crippen LogP contribution in [0.4, 0.5) is 11.4 Å². The fraction of sp³-hybridized carbons (Fsp3) is 0.267. The van der Waals surface area contributed by atoms with Crippen LogP contribution in [-0.4, -0.2) is 12.5 Å². The van der Waals surface area contributed by atoms with E-state index in [1.165, 1.54) is 0 Å². The van der Waals surface area contributed by atoms with E-state index in [4.69, 9.17) is 0 Å². The second-order valence-corrected chi connectivity index (χ2v) is 5.13. The lowest BCUT2D eigenvalue weighted by molar-refractivity contribution is -0.116. The van der Waals surface area contributed by atoms with E-state index in [0.717, 1.165) is 12.1 Å². The van der Waals surface area contributed by atoms with E-state index in [9.17, 15) is 14.4 Å². The Balaban J connectivity index is 1.63. The molecule has 0 aromatic heterocycles. The van der Waals surface area contributed by atoms with Crippen LogP contribution in [-0.2, 0) is 4.79 Å². The van der Waals surface area contributed by atoms with Crippen molar-refractivity contribution in [1.29, 1.82) is 0 Å². The number of anilines is 2.